The highest BCUT2D eigenvalue weighted by atomic mass is 16.6. The van der Waals surface area contributed by atoms with Crippen molar-refractivity contribution in [2.45, 2.75) is 37.1 Å². The van der Waals surface area contributed by atoms with E-state index >= 15 is 0 Å². The van der Waals surface area contributed by atoms with Gasteiger partial charge in [0, 0.05) is 24.5 Å². The van der Waals surface area contributed by atoms with Crippen LogP contribution in [0.5, 0.6) is 11.8 Å². The van der Waals surface area contributed by atoms with Gasteiger partial charge in [0.05, 0.1) is 32.0 Å². The number of ether oxygens (including phenoxy) is 3. The highest BCUT2D eigenvalue weighted by Gasteiger charge is 2.50. The Hall–Kier alpha value is -3.84. The second-order valence-corrected chi connectivity index (χ2v) is 7.70. The molecule has 0 spiro atoms. The van der Waals surface area contributed by atoms with E-state index in [4.69, 9.17) is 19.3 Å². The van der Waals surface area contributed by atoms with E-state index in [1.807, 2.05) is 22.9 Å². The quantitative estimate of drug-likeness (QED) is 0.486. The summed E-state index contributed by atoms with van der Waals surface area (Å²) in [6, 6.07) is 6.85. The Kier molecular flexibility index (Phi) is 5.71. The van der Waals surface area contributed by atoms with Crippen LogP contribution >= 0.6 is 0 Å². The molecule has 2 N–H and O–H groups in total. The van der Waals surface area contributed by atoms with Crippen LogP contribution in [0.2, 0.25) is 0 Å². The number of carbonyl (C=O) groups is 2. The number of imidazole rings is 1. The van der Waals surface area contributed by atoms with E-state index in [0.29, 0.717) is 5.75 Å². The maximum atomic E-state index is 12.0. The van der Waals surface area contributed by atoms with E-state index in [1.165, 1.54) is 4.68 Å². The molecule has 0 bridgehead atoms. The fourth-order valence-electron chi connectivity index (χ4n) is 3.98. The molecule has 0 saturated carbocycles. The van der Waals surface area contributed by atoms with Crippen molar-refractivity contribution in [3.05, 3.63) is 43.0 Å². The molecule has 1 aromatic carbocycles. The summed E-state index contributed by atoms with van der Waals surface area (Å²) in [5.41, 5.74) is 0.933. The monoisotopic (exact) mass is 455 g/mol. The van der Waals surface area contributed by atoms with Crippen LogP contribution < -0.4 is 10.1 Å². The Balaban J connectivity index is 1.23. The Labute approximate surface area is 187 Å². The highest BCUT2D eigenvalue weighted by molar-refractivity contribution is 5.80. The molecular formula is C20H21N7O6. The summed E-state index contributed by atoms with van der Waals surface area (Å²) in [7, 11) is 0. The van der Waals surface area contributed by atoms with E-state index in [0.717, 1.165) is 5.69 Å². The van der Waals surface area contributed by atoms with Gasteiger partial charge in [0.2, 0.25) is 5.91 Å². The summed E-state index contributed by atoms with van der Waals surface area (Å²) in [5, 5.41) is 23.3. The van der Waals surface area contributed by atoms with E-state index in [1.54, 1.807) is 24.7 Å². The van der Waals surface area contributed by atoms with Crippen molar-refractivity contribution in [1.82, 2.24) is 35.1 Å². The number of aromatic nitrogens is 6. The molecule has 2 fully saturated rings. The van der Waals surface area contributed by atoms with Gasteiger partial charge in [0.15, 0.2) is 0 Å². The van der Waals surface area contributed by atoms with Gasteiger partial charge in [0.1, 0.15) is 24.0 Å². The van der Waals surface area contributed by atoms with Crippen molar-refractivity contribution >= 4 is 11.9 Å². The first kappa shape index (κ1) is 21.0. The van der Waals surface area contributed by atoms with Crippen LogP contribution in [0.15, 0.2) is 43.0 Å². The lowest BCUT2D eigenvalue weighted by molar-refractivity contribution is -0.139. The molecule has 5 rings (SSSR count). The summed E-state index contributed by atoms with van der Waals surface area (Å²) in [4.78, 5) is 26.7. The van der Waals surface area contributed by atoms with Gasteiger partial charge in [-0.3, -0.25) is 9.59 Å². The molecule has 0 radical (unpaired) electrons. The first-order valence-corrected chi connectivity index (χ1v) is 10.4. The summed E-state index contributed by atoms with van der Waals surface area (Å²) in [5.74, 6) is -0.823. The molecule has 3 aromatic rings. The SMILES string of the molecule is O=C(O)CCC(=O)N[C@H]1CO[C@H]2[C@@H]1OC[C@@H]2n1nnnc1Oc1ccc(-n2ccnc2)cc1. The zero-order valence-corrected chi connectivity index (χ0v) is 17.4. The van der Waals surface area contributed by atoms with Crippen molar-refractivity contribution in [3.63, 3.8) is 0 Å². The second-order valence-electron chi connectivity index (χ2n) is 7.70. The number of hydrogen-bond acceptors (Lipinski definition) is 9. The zero-order chi connectivity index (χ0) is 22.8. The van der Waals surface area contributed by atoms with Gasteiger partial charge < -0.3 is 29.2 Å². The smallest absolute Gasteiger partial charge is 0.341 e. The molecule has 4 atom stereocenters. The van der Waals surface area contributed by atoms with Crippen molar-refractivity contribution in [1.29, 1.82) is 0 Å². The molecule has 13 heteroatoms. The number of carboxylic acid groups (broad SMARTS) is 1. The molecule has 1 amide bonds. The number of rotatable bonds is 8. The third kappa shape index (κ3) is 4.40. The lowest BCUT2D eigenvalue weighted by atomic mass is 10.1. The minimum absolute atomic E-state index is 0.0999. The highest BCUT2D eigenvalue weighted by Crippen LogP contribution is 2.36. The molecule has 172 valence electrons. The summed E-state index contributed by atoms with van der Waals surface area (Å²) in [6.07, 6.45) is 4.14. The Bertz CT molecular complexity index is 1120. The first-order valence-electron chi connectivity index (χ1n) is 10.4. The minimum atomic E-state index is -1.02. The van der Waals surface area contributed by atoms with Crippen LogP contribution in [-0.2, 0) is 19.1 Å². The van der Waals surface area contributed by atoms with Crippen molar-refractivity contribution in [2.75, 3.05) is 13.2 Å². The van der Waals surface area contributed by atoms with Gasteiger partial charge in [0.25, 0.3) is 0 Å². The number of aliphatic carboxylic acids is 1. The van der Waals surface area contributed by atoms with Crippen LogP contribution in [-0.4, -0.2) is 78.2 Å². The van der Waals surface area contributed by atoms with Gasteiger partial charge in [-0.05, 0) is 34.7 Å². The summed E-state index contributed by atoms with van der Waals surface area (Å²) < 4.78 is 21.0. The predicted octanol–water partition coefficient (Wildman–Crippen LogP) is 0.339. The van der Waals surface area contributed by atoms with Gasteiger partial charge in [-0.15, -0.1) is 0 Å². The lowest BCUT2D eigenvalue weighted by Crippen LogP contribution is -2.44. The number of nitrogens with one attached hydrogen (secondary N) is 1. The number of carboxylic acids is 1. The number of carbonyl (C=O) groups excluding carboxylic acids is 1. The van der Waals surface area contributed by atoms with Gasteiger partial charge in [-0.25, -0.2) is 4.98 Å². The fourth-order valence-corrected chi connectivity index (χ4v) is 3.98. The molecule has 2 aromatic heterocycles. The Morgan fingerprint density at radius 1 is 1.15 bits per heavy atom. The normalized spacial score (nSPS) is 23.9. The van der Waals surface area contributed by atoms with Crippen molar-refractivity contribution in [3.8, 4) is 17.4 Å². The van der Waals surface area contributed by atoms with E-state index in [-0.39, 0.29) is 56.2 Å². The number of tetrazole rings is 1. The molecule has 0 aliphatic carbocycles. The van der Waals surface area contributed by atoms with E-state index in [2.05, 4.69) is 25.8 Å². The number of benzene rings is 1. The Morgan fingerprint density at radius 2 is 1.97 bits per heavy atom. The number of amides is 1. The molecular weight excluding hydrogens is 434 g/mol. The summed E-state index contributed by atoms with van der Waals surface area (Å²) in [6.45, 7) is 0.524. The number of fused-ring (bicyclic) bond motifs is 1. The van der Waals surface area contributed by atoms with Gasteiger partial charge in [-0.1, -0.05) is 5.10 Å². The van der Waals surface area contributed by atoms with Crippen LogP contribution in [0.1, 0.15) is 18.9 Å². The average Bonchev–Trinajstić information content (AvgIpc) is 3.59. The summed E-state index contributed by atoms with van der Waals surface area (Å²) >= 11 is 0. The topological polar surface area (TPSA) is 156 Å². The molecule has 13 nitrogen and oxygen atoms in total. The fraction of sp³-hybridized carbons (Fsp3) is 0.400. The standard InChI is InChI=1S/C20H21N7O6/c28-16(5-6-17(29)30)22-14-9-31-19-15(10-32-18(14)19)27-20(23-24-25-27)33-13-3-1-12(2-4-13)26-8-7-21-11-26/h1-4,7-8,11,14-15,18-19H,5-6,9-10H2,(H,22,28)(H,29,30)/t14-,15-,18+,19+/m0/s1. The van der Waals surface area contributed by atoms with Crippen LogP contribution in [0.4, 0.5) is 0 Å². The number of nitrogens with zero attached hydrogens (tertiary/aromatic N) is 6. The lowest BCUT2D eigenvalue weighted by Gasteiger charge is -2.18. The maximum Gasteiger partial charge on any atom is 0.341 e. The molecule has 4 heterocycles. The zero-order valence-electron chi connectivity index (χ0n) is 17.4. The Morgan fingerprint density at radius 3 is 2.73 bits per heavy atom. The maximum absolute atomic E-state index is 12.0. The van der Waals surface area contributed by atoms with Gasteiger partial charge in [-0.2, -0.15) is 4.68 Å². The van der Waals surface area contributed by atoms with E-state index < -0.39 is 12.1 Å². The van der Waals surface area contributed by atoms with Crippen LogP contribution in [0.25, 0.3) is 5.69 Å². The largest absolute Gasteiger partial charge is 0.481 e. The average molecular weight is 455 g/mol. The molecule has 33 heavy (non-hydrogen) atoms. The van der Waals surface area contributed by atoms with E-state index in [9.17, 15) is 9.59 Å². The minimum Gasteiger partial charge on any atom is -0.481 e. The van der Waals surface area contributed by atoms with Gasteiger partial charge >= 0.3 is 12.0 Å². The molecule has 2 saturated heterocycles. The van der Waals surface area contributed by atoms with Crippen molar-refractivity contribution in [2.24, 2.45) is 0 Å². The predicted molar refractivity (Wildman–Crippen MR) is 109 cm³/mol. The molecule has 0 unspecified atom stereocenters. The third-order valence-electron chi connectivity index (χ3n) is 5.56. The molecule has 2 aliphatic heterocycles. The number of hydrogen-bond donors (Lipinski definition) is 2. The molecule has 2 aliphatic rings. The first-order chi connectivity index (χ1) is 16.1. The van der Waals surface area contributed by atoms with Crippen molar-refractivity contribution < 1.29 is 28.9 Å². The third-order valence-corrected chi connectivity index (χ3v) is 5.56. The van der Waals surface area contributed by atoms with Crippen LogP contribution in [0.3, 0.4) is 0 Å². The van der Waals surface area contributed by atoms with Crippen LogP contribution in [0, 0.1) is 0 Å². The second kappa shape index (κ2) is 8.96.